The van der Waals surface area contributed by atoms with Crippen molar-refractivity contribution < 1.29 is 14.6 Å². The monoisotopic (exact) mass is 256 g/mol. The molecule has 0 bridgehead atoms. The minimum Gasteiger partial charge on any atom is -0.478 e. The van der Waals surface area contributed by atoms with Gasteiger partial charge >= 0.3 is 5.97 Å². The molecule has 0 aromatic heterocycles. The number of ether oxygens (including phenoxy) is 1. The largest absolute Gasteiger partial charge is 0.478 e. The summed E-state index contributed by atoms with van der Waals surface area (Å²) in [5.41, 5.74) is 3.16. The molecule has 2 aromatic rings. The van der Waals surface area contributed by atoms with Gasteiger partial charge in [0.1, 0.15) is 11.5 Å². The second-order valence-electron chi connectivity index (χ2n) is 4.65. The maximum Gasteiger partial charge on any atom is 0.335 e. The molecule has 0 aliphatic carbocycles. The van der Waals surface area contributed by atoms with Crippen LogP contribution in [0.2, 0.25) is 0 Å². The standard InChI is InChI=1S/C16H16O3/c1-10-4-5-11(2)15(8-10)19-13-6-7-14(16(17)18)12(3)9-13/h4-9H,1-3H3,(H,17,18). The Morgan fingerprint density at radius 2 is 1.74 bits per heavy atom. The zero-order valence-corrected chi connectivity index (χ0v) is 11.2. The third-order valence-electron chi connectivity index (χ3n) is 3.00. The first-order valence-corrected chi connectivity index (χ1v) is 6.06. The summed E-state index contributed by atoms with van der Waals surface area (Å²) in [5.74, 6) is 0.523. The van der Waals surface area contributed by atoms with E-state index in [-0.39, 0.29) is 0 Å². The third-order valence-corrected chi connectivity index (χ3v) is 3.00. The Hall–Kier alpha value is -2.29. The summed E-state index contributed by atoms with van der Waals surface area (Å²) in [4.78, 5) is 10.9. The van der Waals surface area contributed by atoms with E-state index < -0.39 is 5.97 Å². The molecule has 0 amide bonds. The van der Waals surface area contributed by atoms with Gasteiger partial charge in [-0.3, -0.25) is 0 Å². The van der Waals surface area contributed by atoms with E-state index in [1.54, 1.807) is 25.1 Å². The second kappa shape index (κ2) is 5.14. The number of carbonyl (C=O) groups is 1. The van der Waals surface area contributed by atoms with E-state index in [4.69, 9.17) is 9.84 Å². The Labute approximate surface area is 112 Å². The highest BCUT2D eigenvalue weighted by Gasteiger charge is 2.09. The number of benzene rings is 2. The van der Waals surface area contributed by atoms with Crippen LogP contribution < -0.4 is 4.74 Å². The van der Waals surface area contributed by atoms with E-state index in [0.717, 1.165) is 16.9 Å². The van der Waals surface area contributed by atoms with Crippen molar-refractivity contribution in [2.45, 2.75) is 20.8 Å². The molecule has 19 heavy (non-hydrogen) atoms. The quantitative estimate of drug-likeness (QED) is 0.899. The Balaban J connectivity index is 2.31. The second-order valence-corrected chi connectivity index (χ2v) is 4.65. The lowest BCUT2D eigenvalue weighted by Gasteiger charge is -2.11. The van der Waals surface area contributed by atoms with Crippen LogP contribution in [0.25, 0.3) is 0 Å². The fourth-order valence-corrected chi connectivity index (χ4v) is 1.88. The lowest BCUT2D eigenvalue weighted by Crippen LogP contribution is -1.99. The molecule has 0 aliphatic heterocycles. The lowest BCUT2D eigenvalue weighted by molar-refractivity contribution is 0.0696. The SMILES string of the molecule is Cc1ccc(C)c(Oc2ccc(C(=O)O)c(C)c2)c1. The Kier molecular flexibility index (Phi) is 3.56. The van der Waals surface area contributed by atoms with Crippen molar-refractivity contribution in [1.82, 2.24) is 0 Å². The predicted molar refractivity (Wildman–Crippen MR) is 74.1 cm³/mol. The minimum absolute atomic E-state index is 0.299. The smallest absolute Gasteiger partial charge is 0.335 e. The number of rotatable bonds is 3. The van der Waals surface area contributed by atoms with E-state index >= 15 is 0 Å². The molecule has 1 N–H and O–H groups in total. The van der Waals surface area contributed by atoms with E-state index in [1.807, 2.05) is 32.0 Å². The molecule has 0 saturated heterocycles. The molecule has 0 unspecified atom stereocenters. The van der Waals surface area contributed by atoms with E-state index in [1.165, 1.54) is 0 Å². The molecule has 98 valence electrons. The van der Waals surface area contributed by atoms with Gasteiger partial charge in [0.15, 0.2) is 0 Å². The van der Waals surface area contributed by atoms with Crippen molar-refractivity contribution in [3.63, 3.8) is 0 Å². The number of carboxylic acid groups (broad SMARTS) is 1. The van der Waals surface area contributed by atoms with Gasteiger partial charge in [-0.2, -0.15) is 0 Å². The van der Waals surface area contributed by atoms with Gasteiger partial charge in [0, 0.05) is 0 Å². The lowest BCUT2D eigenvalue weighted by atomic mass is 10.1. The van der Waals surface area contributed by atoms with Gasteiger partial charge in [-0.25, -0.2) is 4.79 Å². The summed E-state index contributed by atoms with van der Waals surface area (Å²) < 4.78 is 5.81. The van der Waals surface area contributed by atoms with Gasteiger partial charge in [0.05, 0.1) is 5.56 Å². The topological polar surface area (TPSA) is 46.5 Å². The average Bonchev–Trinajstić information content (AvgIpc) is 2.33. The van der Waals surface area contributed by atoms with Crippen LogP contribution in [0.4, 0.5) is 0 Å². The maximum absolute atomic E-state index is 10.9. The number of carboxylic acids is 1. The molecule has 0 saturated carbocycles. The van der Waals surface area contributed by atoms with Crippen molar-refractivity contribution in [3.05, 3.63) is 58.7 Å². The zero-order chi connectivity index (χ0) is 14.0. The molecule has 3 heteroatoms. The van der Waals surface area contributed by atoms with Gasteiger partial charge in [-0.15, -0.1) is 0 Å². The highest BCUT2D eigenvalue weighted by molar-refractivity contribution is 5.89. The predicted octanol–water partition coefficient (Wildman–Crippen LogP) is 4.10. The third kappa shape index (κ3) is 2.94. The summed E-state index contributed by atoms with van der Waals surface area (Å²) in [6, 6.07) is 11.0. The highest BCUT2D eigenvalue weighted by atomic mass is 16.5. The molecule has 0 aliphatic rings. The van der Waals surface area contributed by atoms with Gasteiger partial charge in [0.25, 0.3) is 0 Å². The maximum atomic E-state index is 10.9. The fraction of sp³-hybridized carbons (Fsp3) is 0.188. The zero-order valence-electron chi connectivity index (χ0n) is 11.2. The molecular formula is C16H16O3. The van der Waals surface area contributed by atoms with Crippen LogP contribution in [0.5, 0.6) is 11.5 Å². The number of aryl methyl sites for hydroxylation is 3. The fourth-order valence-electron chi connectivity index (χ4n) is 1.88. The molecule has 3 nitrogen and oxygen atoms in total. The van der Waals surface area contributed by atoms with Crippen molar-refractivity contribution >= 4 is 5.97 Å². The van der Waals surface area contributed by atoms with Gasteiger partial charge < -0.3 is 9.84 Å². The van der Waals surface area contributed by atoms with Gasteiger partial charge in [-0.05, 0) is 61.7 Å². The first kappa shape index (κ1) is 13.1. The van der Waals surface area contributed by atoms with Crippen LogP contribution in [0, 0.1) is 20.8 Å². The van der Waals surface area contributed by atoms with E-state index in [2.05, 4.69) is 0 Å². The Morgan fingerprint density at radius 1 is 1.00 bits per heavy atom. The van der Waals surface area contributed by atoms with Gasteiger partial charge in [-0.1, -0.05) is 12.1 Å². The average molecular weight is 256 g/mol. The van der Waals surface area contributed by atoms with Crippen molar-refractivity contribution in [2.24, 2.45) is 0 Å². The van der Waals surface area contributed by atoms with Crippen molar-refractivity contribution in [2.75, 3.05) is 0 Å². The van der Waals surface area contributed by atoms with Crippen LogP contribution >= 0.6 is 0 Å². The molecule has 2 aromatic carbocycles. The summed E-state index contributed by atoms with van der Waals surface area (Å²) in [5, 5.41) is 8.99. The molecule has 0 radical (unpaired) electrons. The molecule has 2 rings (SSSR count). The summed E-state index contributed by atoms with van der Waals surface area (Å²) >= 11 is 0. The van der Waals surface area contributed by atoms with E-state index in [0.29, 0.717) is 16.9 Å². The van der Waals surface area contributed by atoms with Crippen molar-refractivity contribution in [1.29, 1.82) is 0 Å². The van der Waals surface area contributed by atoms with E-state index in [9.17, 15) is 4.79 Å². The molecule has 0 spiro atoms. The van der Waals surface area contributed by atoms with Crippen LogP contribution in [-0.4, -0.2) is 11.1 Å². The summed E-state index contributed by atoms with van der Waals surface area (Å²) in [6.45, 7) is 5.75. The molecular weight excluding hydrogens is 240 g/mol. The first-order valence-electron chi connectivity index (χ1n) is 6.06. The van der Waals surface area contributed by atoms with Gasteiger partial charge in [0.2, 0.25) is 0 Å². The number of hydrogen-bond acceptors (Lipinski definition) is 2. The first-order chi connectivity index (χ1) is 8.97. The normalized spacial score (nSPS) is 10.3. The molecule has 0 heterocycles. The Morgan fingerprint density at radius 3 is 2.37 bits per heavy atom. The summed E-state index contributed by atoms with van der Waals surface area (Å²) in [6.07, 6.45) is 0. The number of hydrogen-bond donors (Lipinski definition) is 1. The van der Waals surface area contributed by atoms with Crippen LogP contribution in [0.1, 0.15) is 27.0 Å². The van der Waals surface area contributed by atoms with Crippen LogP contribution in [-0.2, 0) is 0 Å². The minimum atomic E-state index is -0.921. The van der Waals surface area contributed by atoms with Crippen molar-refractivity contribution in [3.8, 4) is 11.5 Å². The highest BCUT2D eigenvalue weighted by Crippen LogP contribution is 2.27. The number of aromatic carboxylic acids is 1. The Bertz CT molecular complexity index is 630. The summed E-state index contributed by atoms with van der Waals surface area (Å²) in [7, 11) is 0. The van der Waals surface area contributed by atoms with Crippen LogP contribution in [0.15, 0.2) is 36.4 Å². The van der Waals surface area contributed by atoms with Crippen LogP contribution in [0.3, 0.4) is 0 Å². The molecule has 0 fully saturated rings. The molecule has 0 atom stereocenters.